The quantitative estimate of drug-likeness (QED) is 0.623. The first-order valence-corrected chi connectivity index (χ1v) is 8.89. The van der Waals surface area contributed by atoms with E-state index in [1.54, 1.807) is 0 Å². The molecule has 4 heteroatoms. The van der Waals surface area contributed by atoms with Gasteiger partial charge in [0.2, 0.25) is 0 Å². The number of hydrogen-bond donors (Lipinski definition) is 1. The first-order valence-electron chi connectivity index (χ1n) is 8.51. The number of aromatic nitrogens is 2. The Balaban J connectivity index is 2.12. The Morgan fingerprint density at radius 2 is 1.75 bits per heavy atom. The number of anilines is 1. The van der Waals surface area contributed by atoms with Gasteiger partial charge in [-0.3, -0.25) is 0 Å². The molecule has 2 aromatic carbocycles. The van der Waals surface area contributed by atoms with Crippen molar-refractivity contribution >= 4 is 28.3 Å². The zero-order valence-electron chi connectivity index (χ0n) is 14.1. The lowest BCUT2D eigenvalue weighted by atomic mass is 10.1. The third-order valence-electron chi connectivity index (χ3n) is 3.94. The van der Waals surface area contributed by atoms with Crippen LogP contribution in [0, 0.1) is 0 Å². The van der Waals surface area contributed by atoms with Crippen molar-refractivity contribution < 1.29 is 0 Å². The van der Waals surface area contributed by atoms with E-state index < -0.39 is 0 Å². The maximum atomic E-state index is 6.00. The van der Waals surface area contributed by atoms with Gasteiger partial charge in [-0.2, -0.15) is 0 Å². The fourth-order valence-electron chi connectivity index (χ4n) is 2.73. The highest BCUT2D eigenvalue weighted by Gasteiger charge is 2.10. The maximum absolute atomic E-state index is 6.00. The number of nitrogens with one attached hydrogen (secondary N) is 1. The van der Waals surface area contributed by atoms with Crippen molar-refractivity contribution in [1.82, 2.24) is 9.97 Å². The Morgan fingerprint density at radius 3 is 2.46 bits per heavy atom. The molecule has 1 N–H and O–H groups in total. The summed E-state index contributed by atoms with van der Waals surface area (Å²) in [6.07, 6.45) is 3.24. The predicted octanol–water partition coefficient (Wildman–Crippen LogP) is 5.72. The molecule has 124 valence electrons. The van der Waals surface area contributed by atoms with E-state index in [-0.39, 0.29) is 0 Å². The van der Waals surface area contributed by atoms with Crippen molar-refractivity contribution in [2.45, 2.75) is 33.1 Å². The summed E-state index contributed by atoms with van der Waals surface area (Å²) in [6, 6.07) is 14.1. The molecule has 3 aromatic rings. The van der Waals surface area contributed by atoms with Crippen molar-refractivity contribution in [1.29, 1.82) is 0 Å². The van der Waals surface area contributed by atoms with E-state index >= 15 is 0 Å². The fourth-order valence-corrected chi connectivity index (χ4v) is 2.85. The molecular formula is C20H22ClN3. The molecule has 0 atom stereocenters. The zero-order valence-corrected chi connectivity index (χ0v) is 14.9. The third kappa shape index (κ3) is 3.68. The topological polar surface area (TPSA) is 37.8 Å². The molecule has 0 aliphatic carbocycles. The Morgan fingerprint density at radius 1 is 0.958 bits per heavy atom. The van der Waals surface area contributed by atoms with E-state index in [0.717, 1.165) is 53.9 Å². The molecule has 0 saturated carbocycles. The lowest BCUT2D eigenvalue weighted by Gasteiger charge is -2.11. The zero-order chi connectivity index (χ0) is 16.9. The average molecular weight is 340 g/mol. The number of nitrogens with zero attached hydrogens (tertiary/aromatic N) is 2. The van der Waals surface area contributed by atoms with E-state index in [2.05, 4.69) is 37.4 Å². The molecule has 24 heavy (non-hydrogen) atoms. The van der Waals surface area contributed by atoms with Gasteiger partial charge in [0.15, 0.2) is 5.82 Å². The molecule has 0 radical (unpaired) electrons. The molecule has 0 aliphatic heterocycles. The van der Waals surface area contributed by atoms with Crippen molar-refractivity contribution in [3.8, 4) is 11.4 Å². The van der Waals surface area contributed by atoms with Gasteiger partial charge in [0.1, 0.15) is 5.82 Å². The van der Waals surface area contributed by atoms with Crippen LogP contribution in [0.25, 0.3) is 22.3 Å². The van der Waals surface area contributed by atoms with Crippen molar-refractivity contribution in [2.24, 2.45) is 0 Å². The second-order valence-electron chi connectivity index (χ2n) is 5.93. The van der Waals surface area contributed by atoms with Gasteiger partial charge in [-0.15, -0.1) is 0 Å². The van der Waals surface area contributed by atoms with Crippen molar-refractivity contribution in [3.63, 3.8) is 0 Å². The summed E-state index contributed by atoms with van der Waals surface area (Å²) in [5.74, 6) is 1.63. The molecule has 0 bridgehead atoms. The monoisotopic (exact) mass is 339 g/mol. The van der Waals surface area contributed by atoms with E-state index in [4.69, 9.17) is 21.6 Å². The highest BCUT2D eigenvalue weighted by Crippen LogP contribution is 2.27. The van der Waals surface area contributed by atoms with Gasteiger partial charge in [-0.05, 0) is 54.8 Å². The standard InChI is InChI=1S/C20H22ClN3/c1-3-5-14-6-11-17-18(13-14)23-19(24-20(17)22-12-4-2)15-7-9-16(21)10-8-15/h6-11,13H,3-5,12H2,1-2H3,(H,22,23,24). The molecule has 3 nitrogen and oxygen atoms in total. The van der Waals surface area contributed by atoms with Crippen LogP contribution in [0.4, 0.5) is 5.82 Å². The first-order chi connectivity index (χ1) is 11.7. The number of halogens is 1. The molecule has 0 spiro atoms. The summed E-state index contributed by atoms with van der Waals surface area (Å²) < 4.78 is 0. The summed E-state index contributed by atoms with van der Waals surface area (Å²) in [6.45, 7) is 5.23. The molecule has 0 fully saturated rings. The Kier molecular flexibility index (Phi) is 5.31. The van der Waals surface area contributed by atoms with Gasteiger partial charge < -0.3 is 5.32 Å². The molecule has 0 unspecified atom stereocenters. The van der Waals surface area contributed by atoms with Crippen LogP contribution in [0.5, 0.6) is 0 Å². The molecule has 0 amide bonds. The maximum Gasteiger partial charge on any atom is 0.162 e. The predicted molar refractivity (Wildman–Crippen MR) is 103 cm³/mol. The number of aryl methyl sites for hydroxylation is 1. The van der Waals surface area contributed by atoms with Crippen LogP contribution < -0.4 is 5.32 Å². The van der Waals surface area contributed by atoms with E-state index in [9.17, 15) is 0 Å². The van der Waals surface area contributed by atoms with Gasteiger partial charge in [-0.1, -0.05) is 37.9 Å². The van der Waals surface area contributed by atoms with Crippen LogP contribution in [-0.4, -0.2) is 16.5 Å². The van der Waals surface area contributed by atoms with Crippen molar-refractivity contribution in [2.75, 3.05) is 11.9 Å². The lowest BCUT2D eigenvalue weighted by molar-refractivity contribution is 0.923. The summed E-state index contributed by atoms with van der Waals surface area (Å²) in [5, 5.41) is 5.22. The molecular weight excluding hydrogens is 318 g/mol. The number of benzene rings is 2. The number of hydrogen-bond acceptors (Lipinski definition) is 3. The summed E-state index contributed by atoms with van der Waals surface area (Å²) in [4.78, 5) is 9.54. The Hall–Kier alpha value is -2.13. The van der Waals surface area contributed by atoms with Crippen LogP contribution in [-0.2, 0) is 6.42 Å². The van der Waals surface area contributed by atoms with Crippen LogP contribution in [0.2, 0.25) is 5.02 Å². The highest BCUT2D eigenvalue weighted by molar-refractivity contribution is 6.30. The normalized spacial score (nSPS) is 11.0. The lowest BCUT2D eigenvalue weighted by Crippen LogP contribution is -2.05. The molecule has 1 aromatic heterocycles. The minimum Gasteiger partial charge on any atom is -0.369 e. The second kappa shape index (κ2) is 7.63. The highest BCUT2D eigenvalue weighted by atomic mass is 35.5. The van der Waals surface area contributed by atoms with E-state index in [1.807, 2.05) is 24.3 Å². The minimum absolute atomic E-state index is 0.717. The Bertz CT molecular complexity index is 828. The molecule has 0 aliphatic rings. The number of fused-ring (bicyclic) bond motifs is 1. The largest absolute Gasteiger partial charge is 0.369 e. The van der Waals surface area contributed by atoms with Gasteiger partial charge in [0.05, 0.1) is 5.52 Å². The van der Waals surface area contributed by atoms with Gasteiger partial charge in [0, 0.05) is 22.5 Å². The number of rotatable bonds is 6. The van der Waals surface area contributed by atoms with Crippen LogP contribution in [0.1, 0.15) is 32.3 Å². The third-order valence-corrected chi connectivity index (χ3v) is 4.20. The summed E-state index contributed by atoms with van der Waals surface area (Å²) >= 11 is 6.00. The average Bonchev–Trinajstić information content (AvgIpc) is 2.60. The Labute approximate surface area is 148 Å². The van der Waals surface area contributed by atoms with Gasteiger partial charge >= 0.3 is 0 Å². The minimum atomic E-state index is 0.717. The first kappa shape index (κ1) is 16.7. The summed E-state index contributed by atoms with van der Waals surface area (Å²) in [5.41, 5.74) is 3.27. The molecule has 0 saturated heterocycles. The summed E-state index contributed by atoms with van der Waals surface area (Å²) in [7, 11) is 0. The van der Waals surface area contributed by atoms with E-state index in [0.29, 0.717) is 5.02 Å². The van der Waals surface area contributed by atoms with Crippen LogP contribution in [0.3, 0.4) is 0 Å². The SMILES string of the molecule is CCCNc1nc(-c2ccc(Cl)cc2)nc2cc(CCC)ccc12. The van der Waals surface area contributed by atoms with Crippen molar-refractivity contribution in [3.05, 3.63) is 53.1 Å². The molecule has 1 heterocycles. The second-order valence-corrected chi connectivity index (χ2v) is 6.37. The van der Waals surface area contributed by atoms with Gasteiger partial charge in [0.25, 0.3) is 0 Å². The van der Waals surface area contributed by atoms with Crippen LogP contribution >= 0.6 is 11.6 Å². The van der Waals surface area contributed by atoms with Crippen LogP contribution in [0.15, 0.2) is 42.5 Å². The van der Waals surface area contributed by atoms with E-state index in [1.165, 1.54) is 5.56 Å². The molecule has 3 rings (SSSR count). The fraction of sp³-hybridized carbons (Fsp3) is 0.300. The smallest absolute Gasteiger partial charge is 0.162 e. The van der Waals surface area contributed by atoms with Gasteiger partial charge in [-0.25, -0.2) is 9.97 Å².